The van der Waals surface area contributed by atoms with Gasteiger partial charge in [0, 0.05) is 5.69 Å². The third-order valence-electron chi connectivity index (χ3n) is 4.12. The van der Waals surface area contributed by atoms with Crippen molar-refractivity contribution in [3.63, 3.8) is 0 Å². The Morgan fingerprint density at radius 2 is 1.80 bits per heavy atom. The van der Waals surface area contributed by atoms with Crippen molar-refractivity contribution in [3.8, 4) is 0 Å². The van der Waals surface area contributed by atoms with Gasteiger partial charge in [0.1, 0.15) is 0 Å². The molecule has 2 aromatic carbocycles. The van der Waals surface area contributed by atoms with Gasteiger partial charge in [0.2, 0.25) is 0 Å². The van der Waals surface area contributed by atoms with Crippen molar-refractivity contribution in [3.05, 3.63) is 64.2 Å². The molecule has 2 N–H and O–H groups in total. The Balaban J connectivity index is 2.23. The molecule has 0 spiro atoms. The quantitative estimate of drug-likeness (QED) is 0.792. The number of nitrogen functional groups attached to an aromatic ring is 1. The molecule has 0 bridgehead atoms. The highest BCUT2D eigenvalue weighted by atomic mass is 14.6. The lowest BCUT2D eigenvalue weighted by molar-refractivity contribution is 0.758. The van der Waals surface area contributed by atoms with Crippen LogP contribution in [-0.4, -0.2) is 0 Å². The van der Waals surface area contributed by atoms with Crippen molar-refractivity contribution < 1.29 is 0 Å². The summed E-state index contributed by atoms with van der Waals surface area (Å²) in [6, 6.07) is 13.2. The lowest BCUT2D eigenvalue weighted by Crippen LogP contribution is -2.04. The van der Waals surface area contributed by atoms with E-state index in [0.29, 0.717) is 5.92 Å². The van der Waals surface area contributed by atoms with Crippen LogP contribution in [0.15, 0.2) is 36.4 Å². The lowest BCUT2D eigenvalue weighted by Gasteiger charge is -2.16. The van der Waals surface area contributed by atoms with Crippen LogP contribution in [0.5, 0.6) is 0 Å². The minimum absolute atomic E-state index is 0.490. The summed E-state index contributed by atoms with van der Waals surface area (Å²) in [6.45, 7) is 8.78. The Hall–Kier alpha value is -1.76. The highest BCUT2D eigenvalue weighted by Crippen LogP contribution is 2.26. The normalized spacial score (nSPS) is 12.4. The standard InChI is InChI=1S/C19H25N/c1-5-16-12-19(20)18(10-14(16)3)11-15(4)17-8-6-7-13(2)9-17/h6-10,12,15H,5,11,20H2,1-4H3. The fourth-order valence-electron chi connectivity index (χ4n) is 2.81. The molecule has 0 aliphatic carbocycles. The second-order valence-electron chi connectivity index (χ2n) is 5.85. The predicted molar refractivity (Wildman–Crippen MR) is 88.3 cm³/mol. The van der Waals surface area contributed by atoms with Crippen LogP contribution in [-0.2, 0) is 12.8 Å². The van der Waals surface area contributed by atoms with E-state index in [1.54, 1.807) is 0 Å². The predicted octanol–water partition coefficient (Wildman–Crippen LogP) is 4.79. The lowest BCUT2D eigenvalue weighted by atomic mass is 9.90. The van der Waals surface area contributed by atoms with Crippen LogP contribution in [0.2, 0.25) is 0 Å². The maximum Gasteiger partial charge on any atom is 0.0349 e. The Morgan fingerprint density at radius 1 is 1.05 bits per heavy atom. The van der Waals surface area contributed by atoms with Crippen LogP contribution < -0.4 is 5.73 Å². The monoisotopic (exact) mass is 267 g/mol. The van der Waals surface area contributed by atoms with Crippen molar-refractivity contribution in [1.29, 1.82) is 0 Å². The molecule has 1 heteroatoms. The van der Waals surface area contributed by atoms with E-state index in [2.05, 4.69) is 64.1 Å². The minimum Gasteiger partial charge on any atom is -0.398 e. The Kier molecular flexibility index (Phi) is 4.49. The van der Waals surface area contributed by atoms with E-state index in [-0.39, 0.29) is 0 Å². The summed E-state index contributed by atoms with van der Waals surface area (Å²) >= 11 is 0. The number of hydrogen-bond acceptors (Lipinski definition) is 1. The van der Waals surface area contributed by atoms with Crippen molar-refractivity contribution >= 4 is 5.69 Å². The zero-order chi connectivity index (χ0) is 14.7. The molecule has 20 heavy (non-hydrogen) atoms. The third-order valence-corrected chi connectivity index (χ3v) is 4.12. The summed E-state index contributed by atoms with van der Waals surface area (Å²) in [5.74, 6) is 0.490. The first-order valence-corrected chi connectivity index (χ1v) is 7.45. The number of anilines is 1. The van der Waals surface area contributed by atoms with Gasteiger partial charge in [-0.1, -0.05) is 49.7 Å². The number of hydrogen-bond donors (Lipinski definition) is 1. The molecule has 0 heterocycles. The molecular weight excluding hydrogens is 242 g/mol. The van der Waals surface area contributed by atoms with Gasteiger partial charge in [-0.25, -0.2) is 0 Å². The fourth-order valence-corrected chi connectivity index (χ4v) is 2.81. The molecule has 0 fully saturated rings. The van der Waals surface area contributed by atoms with E-state index in [1.165, 1.54) is 27.8 Å². The summed E-state index contributed by atoms with van der Waals surface area (Å²) in [4.78, 5) is 0. The Morgan fingerprint density at radius 3 is 2.45 bits per heavy atom. The minimum atomic E-state index is 0.490. The van der Waals surface area contributed by atoms with Crippen molar-refractivity contribution in [1.82, 2.24) is 0 Å². The highest BCUT2D eigenvalue weighted by molar-refractivity contribution is 5.52. The van der Waals surface area contributed by atoms with Crippen molar-refractivity contribution in [2.45, 2.75) is 46.5 Å². The first-order chi connectivity index (χ1) is 9.51. The first-order valence-electron chi connectivity index (χ1n) is 7.45. The summed E-state index contributed by atoms with van der Waals surface area (Å²) < 4.78 is 0. The summed E-state index contributed by atoms with van der Waals surface area (Å²) in [5.41, 5.74) is 13.9. The van der Waals surface area contributed by atoms with E-state index in [1.807, 2.05) is 0 Å². The molecule has 2 aromatic rings. The third kappa shape index (κ3) is 3.22. The average molecular weight is 267 g/mol. The Labute approximate surface area is 122 Å². The molecule has 0 amide bonds. The van der Waals surface area contributed by atoms with Gasteiger partial charge in [-0.2, -0.15) is 0 Å². The second-order valence-corrected chi connectivity index (χ2v) is 5.85. The summed E-state index contributed by atoms with van der Waals surface area (Å²) in [6.07, 6.45) is 2.05. The van der Waals surface area contributed by atoms with E-state index in [9.17, 15) is 0 Å². The molecule has 0 saturated heterocycles. The molecule has 0 saturated carbocycles. The molecule has 0 aliphatic heterocycles. The molecule has 0 radical (unpaired) electrons. The molecule has 1 unspecified atom stereocenters. The molecule has 0 aliphatic rings. The number of rotatable bonds is 4. The van der Waals surface area contributed by atoms with Gasteiger partial charge in [0.25, 0.3) is 0 Å². The van der Waals surface area contributed by atoms with Gasteiger partial charge in [0.15, 0.2) is 0 Å². The topological polar surface area (TPSA) is 26.0 Å². The maximum atomic E-state index is 6.22. The first kappa shape index (κ1) is 14.6. The van der Waals surface area contributed by atoms with E-state index in [0.717, 1.165) is 18.5 Å². The number of aryl methyl sites for hydroxylation is 3. The molecule has 1 nitrogen and oxygen atoms in total. The number of nitrogens with two attached hydrogens (primary N) is 1. The van der Waals surface area contributed by atoms with Gasteiger partial charge in [0.05, 0.1) is 0 Å². The molecule has 106 valence electrons. The fraction of sp³-hybridized carbons (Fsp3) is 0.368. The SMILES string of the molecule is CCc1cc(N)c(CC(C)c2cccc(C)c2)cc1C. The number of benzene rings is 2. The zero-order valence-electron chi connectivity index (χ0n) is 13.0. The van der Waals surface area contributed by atoms with Gasteiger partial charge in [-0.05, 0) is 60.9 Å². The molecular formula is C19H25N. The van der Waals surface area contributed by atoms with Gasteiger partial charge in [-0.3, -0.25) is 0 Å². The van der Waals surface area contributed by atoms with E-state index in [4.69, 9.17) is 5.73 Å². The van der Waals surface area contributed by atoms with Crippen LogP contribution in [0.4, 0.5) is 5.69 Å². The van der Waals surface area contributed by atoms with Gasteiger partial charge in [-0.15, -0.1) is 0 Å². The second kappa shape index (κ2) is 6.13. The molecule has 2 rings (SSSR count). The van der Waals surface area contributed by atoms with Crippen molar-refractivity contribution in [2.24, 2.45) is 0 Å². The molecule has 1 atom stereocenters. The van der Waals surface area contributed by atoms with Crippen LogP contribution in [0.1, 0.15) is 47.6 Å². The van der Waals surface area contributed by atoms with Crippen LogP contribution >= 0.6 is 0 Å². The molecule has 0 aromatic heterocycles. The summed E-state index contributed by atoms with van der Waals surface area (Å²) in [5, 5.41) is 0. The van der Waals surface area contributed by atoms with Gasteiger partial charge >= 0.3 is 0 Å². The van der Waals surface area contributed by atoms with E-state index < -0.39 is 0 Å². The van der Waals surface area contributed by atoms with Crippen LogP contribution in [0.3, 0.4) is 0 Å². The Bertz CT molecular complexity index is 599. The maximum absolute atomic E-state index is 6.22. The van der Waals surface area contributed by atoms with E-state index >= 15 is 0 Å². The van der Waals surface area contributed by atoms with Crippen molar-refractivity contribution in [2.75, 3.05) is 5.73 Å². The smallest absolute Gasteiger partial charge is 0.0349 e. The van der Waals surface area contributed by atoms with Crippen LogP contribution in [0, 0.1) is 13.8 Å². The zero-order valence-corrected chi connectivity index (χ0v) is 13.0. The largest absolute Gasteiger partial charge is 0.398 e. The summed E-state index contributed by atoms with van der Waals surface area (Å²) in [7, 11) is 0. The van der Waals surface area contributed by atoms with Gasteiger partial charge < -0.3 is 5.73 Å². The van der Waals surface area contributed by atoms with Crippen LogP contribution in [0.25, 0.3) is 0 Å². The average Bonchev–Trinajstić information content (AvgIpc) is 2.42. The highest BCUT2D eigenvalue weighted by Gasteiger charge is 2.10.